The lowest BCUT2D eigenvalue weighted by molar-refractivity contribution is -0.298. The fraction of sp³-hybridized carbons (Fsp3) is 0.211. The predicted molar refractivity (Wildman–Crippen MR) is 97.6 cm³/mol. The zero-order chi connectivity index (χ0) is 18.7. The molecule has 0 aliphatic carbocycles. The van der Waals surface area contributed by atoms with Crippen molar-refractivity contribution in [1.82, 2.24) is 10.2 Å². The SMILES string of the molecule is Cc1nnc(S/C(=C\c2c(OC(C)C)ccc3ccccc23)C(=O)[O-])o1. The Balaban J connectivity index is 2.13. The Bertz CT molecular complexity index is 979. The van der Waals surface area contributed by atoms with Crippen molar-refractivity contribution in [1.29, 1.82) is 0 Å². The summed E-state index contributed by atoms with van der Waals surface area (Å²) in [4.78, 5) is 11.6. The van der Waals surface area contributed by atoms with Crippen molar-refractivity contribution in [2.45, 2.75) is 32.1 Å². The second kappa shape index (κ2) is 7.61. The summed E-state index contributed by atoms with van der Waals surface area (Å²) in [5, 5.41) is 21.2. The van der Waals surface area contributed by atoms with E-state index in [0.29, 0.717) is 17.2 Å². The van der Waals surface area contributed by atoms with Crippen molar-refractivity contribution in [3.8, 4) is 5.75 Å². The molecular formula is C19H17N2O4S-. The summed E-state index contributed by atoms with van der Waals surface area (Å²) in [5.41, 5.74) is 0.666. The number of carboxylic acid groups (broad SMARTS) is 1. The van der Waals surface area contributed by atoms with E-state index in [9.17, 15) is 9.90 Å². The third kappa shape index (κ3) is 4.05. The maximum atomic E-state index is 11.7. The van der Waals surface area contributed by atoms with Gasteiger partial charge in [-0.25, -0.2) is 0 Å². The summed E-state index contributed by atoms with van der Waals surface area (Å²) >= 11 is 0.852. The van der Waals surface area contributed by atoms with Crippen LogP contribution in [0.5, 0.6) is 5.75 Å². The number of hydrogen-bond acceptors (Lipinski definition) is 7. The third-order valence-corrected chi connectivity index (χ3v) is 4.32. The molecule has 26 heavy (non-hydrogen) atoms. The highest BCUT2D eigenvalue weighted by molar-refractivity contribution is 8.03. The summed E-state index contributed by atoms with van der Waals surface area (Å²) in [7, 11) is 0. The number of carbonyl (C=O) groups is 1. The minimum atomic E-state index is -1.32. The number of nitrogens with zero attached hydrogens (tertiary/aromatic N) is 2. The van der Waals surface area contributed by atoms with Crippen molar-refractivity contribution in [2.75, 3.05) is 0 Å². The molecule has 0 bridgehead atoms. The number of hydrogen-bond donors (Lipinski definition) is 0. The maximum Gasteiger partial charge on any atom is 0.281 e. The lowest BCUT2D eigenvalue weighted by atomic mass is 10.0. The molecule has 0 fully saturated rings. The molecule has 1 heterocycles. The quantitative estimate of drug-likeness (QED) is 0.487. The molecule has 0 spiro atoms. The van der Waals surface area contributed by atoms with Crippen LogP contribution in [0.25, 0.3) is 16.8 Å². The molecule has 3 aromatic rings. The Labute approximate surface area is 154 Å². The number of aryl methyl sites for hydroxylation is 1. The smallest absolute Gasteiger partial charge is 0.281 e. The molecule has 0 amide bonds. The Hall–Kier alpha value is -2.80. The fourth-order valence-corrected chi connectivity index (χ4v) is 3.15. The van der Waals surface area contributed by atoms with Gasteiger partial charge in [-0.3, -0.25) is 0 Å². The summed E-state index contributed by atoms with van der Waals surface area (Å²) in [5.74, 6) is -0.367. The Morgan fingerprint density at radius 2 is 2.00 bits per heavy atom. The van der Waals surface area contributed by atoms with Crippen LogP contribution in [0, 0.1) is 6.92 Å². The van der Waals surface area contributed by atoms with Crippen LogP contribution in [0.1, 0.15) is 25.3 Å². The molecule has 0 unspecified atom stereocenters. The Morgan fingerprint density at radius 1 is 1.23 bits per heavy atom. The molecular weight excluding hydrogens is 352 g/mol. The average molecular weight is 369 g/mol. The van der Waals surface area contributed by atoms with E-state index >= 15 is 0 Å². The zero-order valence-corrected chi connectivity index (χ0v) is 15.4. The standard InChI is InChI=1S/C19H18N2O4S/c1-11(2)24-16-9-8-13-6-4-5-7-14(13)15(16)10-17(18(22)23)26-19-21-20-12(3)25-19/h4-11H,1-3H3,(H,22,23)/p-1/b17-10-. The lowest BCUT2D eigenvalue weighted by Gasteiger charge is -2.16. The first kappa shape index (κ1) is 18.0. The predicted octanol–water partition coefficient (Wildman–Crippen LogP) is 3.20. The van der Waals surface area contributed by atoms with Gasteiger partial charge in [0.1, 0.15) is 5.75 Å². The average Bonchev–Trinajstić information content (AvgIpc) is 3.00. The van der Waals surface area contributed by atoms with Crippen LogP contribution in [0.3, 0.4) is 0 Å². The fourth-order valence-electron chi connectivity index (χ4n) is 2.46. The van der Waals surface area contributed by atoms with Crippen LogP contribution in [-0.2, 0) is 4.79 Å². The second-order valence-electron chi connectivity index (χ2n) is 5.85. The number of fused-ring (bicyclic) bond motifs is 1. The minimum Gasteiger partial charge on any atom is -0.544 e. The van der Waals surface area contributed by atoms with Gasteiger partial charge in [0.25, 0.3) is 5.22 Å². The van der Waals surface area contributed by atoms with Crippen molar-refractivity contribution in [3.05, 3.63) is 52.8 Å². The molecule has 6 nitrogen and oxygen atoms in total. The van der Waals surface area contributed by atoms with E-state index in [4.69, 9.17) is 9.15 Å². The maximum absolute atomic E-state index is 11.7. The van der Waals surface area contributed by atoms with Gasteiger partial charge >= 0.3 is 0 Å². The molecule has 1 aromatic heterocycles. The van der Waals surface area contributed by atoms with Gasteiger partial charge in [0.15, 0.2) is 0 Å². The molecule has 2 aromatic carbocycles. The van der Waals surface area contributed by atoms with E-state index in [-0.39, 0.29) is 16.2 Å². The normalized spacial score (nSPS) is 11.9. The summed E-state index contributed by atoms with van der Waals surface area (Å²) < 4.78 is 11.1. The van der Waals surface area contributed by atoms with E-state index in [1.54, 1.807) is 6.92 Å². The number of rotatable bonds is 6. The molecule has 7 heteroatoms. The number of thioether (sulfide) groups is 1. The van der Waals surface area contributed by atoms with Crippen LogP contribution >= 0.6 is 11.8 Å². The Morgan fingerprint density at radius 3 is 2.65 bits per heavy atom. The number of aliphatic carboxylic acids is 1. The molecule has 0 saturated carbocycles. The number of carboxylic acids is 1. The van der Waals surface area contributed by atoms with Crippen LogP contribution < -0.4 is 9.84 Å². The topological polar surface area (TPSA) is 88.3 Å². The van der Waals surface area contributed by atoms with Crippen LogP contribution in [-0.4, -0.2) is 22.3 Å². The first-order chi connectivity index (χ1) is 12.4. The molecule has 0 atom stereocenters. The van der Waals surface area contributed by atoms with Gasteiger partial charge in [0, 0.05) is 17.4 Å². The summed E-state index contributed by atoms with van der Waals surface area (Å²) in [6.45, 7) is 5.47. The van der Waals surface area contributed by atoms with E-state index in [0.717, 1.165) is 22.5 Å². The first-order valence-electron chi connectivity index (χ1n) is 8.03. The molecule has 134 valence electrons. The monoisotopic (exact) mass is 369 g/mol. The van der Waals surface area contributed by atoms with Crippen molar-refractivity contribution in [3.63, 3.8) is 0 Å². The number of aromatic nitrogens is 2. The van der Waals surface area contributed by atoms with E-state index in [1.807, 2.05) is 50.2 Å². The second-order valence-corrected chi connectivity index (χ2v) is 6.84. The van der Waals surface area contributed by atoms with Gasteiger partial charge in [-0.1, -0.05) is 30.3 Å². The lowest BCUT2D eigenvalue weighted by Crippen LogP contribution is -2.23. The third-order valence-electron chi connectivity index (χ3n) is 3.47. The number of ether oxygens (including phenoxy) is 1. The largest absolute Gasteiger partial charge is 0.544 e. The summed E-state index contributed by atoms with van der Waals surface area (Å²) in [6, 6.07) is 11.5. The molecule has 0 radical (unpaired) electrons. The molecule has 0 N–H and O–H groups in total. The van der Waals surface area contributed by atoms with E-state index in [1.165, 1.54) is 6.08 Å². The van der Waals surface area contributed by atoms with Crippen molar-refractivity contribution in [2.24, 2.45) is 0 Å². The van der Waals surface area contributed by atoms with Gasteiger partial charge in [-0.15, -0.1) is 10.2 Å². The molecule has 0 aliphatic heterocycles. The van der Waals surface area contributed by atoms with Gasteiger partial charge in [0.2, 0.25) is 5.89 Å². The van der Waals surface area contributed by atoms with Crippen molar-refractivity contribution < 1.29 is 19.1 Å². The number of benzene rings is 2. The van der Waals surface area contributed by atoms with E-state index < -0.39 is 5.97 Å². The zero-order valence-electron chi connectivity index (χ0n) is 14.6. The minimum absolute atomic E-state index is 0.0430. The highest BCUT2D eigenvalue weighted by atomic mass is 32.2. The number of carbonyl (C=O) groups excluding carboxylic acids is 1. The van der Waals surface area contributed by atoms with Crippen LogP contribution in [0.15, 0.2) is 50.9 Å². The molecule has 0 aliphatic rings. The van der Waals surface area contributed by atoms with Crippen LogP contribution in [0.4, 0.5) is 0 Å². The molecule has 0 saturated heterocycles. The van der Waals surface area contributed by atoms with E-state index in [2.05, 4.69) is 10.2 Å². The summed E-state index contributed by atoms with van der Waals surface area (Å²) in [6.07, 6.45) is 1.47. The Kier molecular flexibility index (Phi) is 5.27. The van der Waals surface area contributed by atoms with Gasteiger partial charge in [-0.2, -0.15) is 0 Å². The van der Waals surface area contributed by atoms with Crippen molar-refractivity contribution >= 4 is 34.6 Å². The highest BCUT2D eigenvalue weighted by Crippen LogP contribution is 2.34. The van der Waals surface area contributed by atoms with Gasteiger partial charge in [-0.05, 0) is 48.5 Å². The van der Waals surface area contributed by atoms with Crippen LogP contribution in [0.2, 0.25) is 0 Å². The van der Waals surface area contributed by atoms with Gasteiger partial charge < -0.3 is 19.1 Å². The van der Waals surface area contributed by atoms with Gasteiger partial charge in [0.05, 0.1) is 12.1 Å². The first-order valence-corrected chi connectivity index (χ1v) is 8.85. The molecule has 3 rings (SSSR count). The highest BCUT2D eigenvalue weighted by Gasteiger charge is 2.13.